The summed E-state index contributed by atoms with van der Waals surface area (Å²) in [5.41, 5.74) is 2.29. The number of carbonyl (C=O) groups is 1. The van der Waals surface area contributed by atoms with Gasteiger partial charge in [-0.05, 0) is 62.5 Å². The number of carbonyl (C=O) groups excluding carboxylic acids is 1. The lowest BCUT2D eigenvalue weighted by Gasteiger charge is -2.24. The van der Waals surface area contributed by atoms with Gasteiger partial charge in [-0.3, -0.25) is 19.0 Å². The maximum atomic E-state index is 12.5. The van der Waals surface area contributed by atoms with Gasteiger partial charge in [-0.2, -0.15) is 0 Å². The lowest BCUT2D eigenvalue weighted by molar-refractivity contribution is -0.117. The van der Waals surface area contributed by atoms with Gasteiger partial charge in [0.25, 0.3) is 0 Å². The topological polar surface area (TPSA) is 86.3 Å². The molecule has 188 valence electrons. The summed E-state index contributed by atoms with van der Waals surface area (Å²) in [6, 6.07) is 16.0. The number of nitrogens with one attached hydrogen (secondary N) is 1. The first kappa shape index (κ1) is 28.2. The van der Waals surface area contributed by atoms with Crippen LogP contribution in [0.25, 0.3) is 0 Å². The lowest BCUT2D eigenvalue weighted by Crippen LogP contribution is -2.34. The number of hydrogen-bond donors (Lipinski definition) is 1. The zero-order chi connectivity index (χ0) is 25.0. The third kappa shape index (κ3) is 10.1. The smallest absolute Gasteiger partial charge is 0.355 e. The van der Waals surface area contributed by atoms with Crippen LogP contribution in [-0.2, 0) is 31.5 Å². The third-order valence-corrected chi connectivity index (χ3v) is 8.39. The van der Waals surface area contributed by atoms with E-state index in [-0.39, 0.29) is 12.9 Å². The van der Waals surface area contributed by atoms with Crippen LogP contribution in [0.5, 0.6) is 11.5 Å². The standard InChI is InChI=1S/C24H35N2O6PS/c1-19(27)25-33(28,34-5)32-18-31-23(16-26(2)3)17-30-24-12-7-6-10-21(24)14-13-20-9-8-11-22(15-20)29-4/h6-12,15,23H,13-14,16-18H2,1-5H3,(H,25,27,28)/t23-,33?/m1/s1. The van der Waals surface area contributed by atoms with Gasteiger partial charge in [0.05, 0.1) is 7.11 Å². The molecule has 0 fully saturated rings. The predicted octanol–water partition coefficient (Wildman–Crippen LogP) is 4.39. The molecule has 2 rings (SSSR count). The Labute approximate surface area is 206 Å². The van der Waals surface area contributed by atoms with E-state index in [2.05, 4.69) is 17.2 Å². The van der Waals surface area contributed by atoms with E-state index in [0.717, 1.165) is 41.3 Å². The minimum atomic E-state index is -3.35. The van der Waals surface area contributed by atoms with Gasteiger partial charge in [0, 0.05) is 13.5 Å². The summed E-state index contributed by atoms with van der Waals surface area (Å²) in [7, 11) is 5.53. The summed E-state index contributed by atoms with van der Waals surface area (Å²) in [5, 5.41) is 2.35. The first-order valence-electron chi connectivity index (χ1n) is 10.9. The number of hydrogen-bond acceptors (Lipinski definition) is 8. The highest BCUT2D eigenvalue weighted by molar-refractivity contribution is 8.55. The Kier molecular flexibility index (Phi) is 11.9. The molecule has 2 aromatic carbocycles. The Morgan fingerprint density at radius 1 is 1.15 bits per heavy atom. The van der Waals surface area contributed by atoms with Crippen molar-refractivity contribution in [1.82, 2.24) is 9.99 Å². The Bertz CT molecular complexity index is 959. The first-order chi connectivity index (χ1) is 16.2. The summed E-state index contributed by atoms with van der Waals surface area (Å²) in [6.45, 7) is -1.40. The Morgan fingerprint density at radius 2 is 1.91 bits per heavy atom. The molecule has 0 aliphatic rings. The van der Waals surface area contributed by atoms with Crippen molar-refractivity contribution in [1.29, 1.82) is 0 Å². The normalized spacial score (nSPS) is 13.8. The van der Waals surface area contributed by atoms with E-state index in [1.54, 1.807) is 13.4 Å². The minimum Gasteiger partial charge on any atom is -0.497 e. The SMILES string of the molecule is COc1cccc(CCc2ccccc2OC[C@@H](CN(C)C)OCOP(=O)(NC(C)=O)SC)c1. The van der Waals surface area contributed by atoms with E-state index in [9.17, 15) is 9.36 Å². The van der Waals surface area contributed by atoms with Crippen LogP contribution in [0.1, 0.15) is 18.1 Å². The Balaban J connectivity index is 1.96. The van der Waals surface area contributed by atoms with Crippen molar-refractivity contribution in [2.24, 2.45) is 0 Å². The van der Waals surface area contributed by atoms with Crippen LogP contribution in [0.15, 0.2) is 48.5 Å². The van der Waals surface area contributed by atoms with E-state index in [1.807, 2.05) is 55.4 Å². The number of para-hydroxylation sites is 1. The zero-order valence-electron chi connectivity index (χ0n) is 20.5. The van der Waals surface area contributed by atoms with Gasteiger partial charge in [0.15, 0.2) is 6.79 Å². The van der Waals surface area contributed by atoms with Crippen LogP contribution >= 0.6 is 18.1 Å². The maximum absolute atomic E-state index is 12.5. The number of methoxy groups -OCH3 is 1. The van der Waals surface area contributed by atoms with E-state index < -0.39 is 12.6 Å². The molecular formula is C24H35N2O6PS. The van der Waals surface area contributed by atoms with Gasteiger partial charge in [-0.25, -0.2) is 0 Å². The van der Waals surface area contributed by atoms with Crippen molar-refractivity contribution >= 4 is 24.0 Å². The molecule has 0 bridgehead atoms. The van der Waals surface area contributed by atoms with Gasteiger partial charge < -0.3 is 19.1 Å². The van der Waals surface area contributed by atoms with Crippen LogP contribution < -0.4 is 14.6 Å². The fourth-order valence-corrected chi connectivity index (χ4v) is 5.17. The molecule has 10 heteroatoms. The van der Waals surface area contributed by atoms with E-state index in [1.165, 1.54) is 12.5 Å². The Hall–Kier alpha value is -2.03. The number of aryl methyl sites for hydroxylation is 2. The molecule has 1 amide bonds. The summed E-state index contributed by atoms with van der Waals surface area (Å²) in [4.78, 5) is 13.3. The van der Waals surface area contributed by atoms with Crippen LogP contribution in [0.2, 0.25) is 0 Å². The number of ether oxygens (including phenoxy) is 3. The van der Waals surface area contributed by atoms with Crippen LogP contribution in [-0.4, -0.2) is 64.3 Å². The molecular weight excluding hydrogens is 475 g/mol. The zero-order valence-corrected chi connectivity index (χ0v) is 22.2. The molecule has 0 aliphatic heterocycles. The van der Waals surface area contributed by atoms with Crippen molar-refractivity contribution in [3.63, 3.8) is 0 Å². The lowest BCUT2D eigenvalue weighted by atomic mass is 10.0. The fourth-order valence-electron chi connectivity index (χ4n) is 3.22. The number of likely N-dealkylation sites (N-methyl/N-ethyl adjacent to an activating group) is 1. The third-order valence-electron chi connectivity index (χ3n) is 4.84. The van der Waals surface area contributed by atoms with Gasteiger partial charge >= 0.3 is 6.72 Å². The average molecular weight is 511 g/mol. The van der Waals surface area contributed by atoms with Crippen LogP contribution in [0, 0.1) is 0 Å². The number of benzene rings is 2. The molecule has 34 heavy (non-hydrogen) atoms. The van der Waals surface area contributed by atoms with Gasteiger partial charge in [0.2, 0.25) is 5.91 Å². The molecule has 0 saturated carbocycles. The summed E-state index contributed by atoms with van der Waals surface area (Å²) in [6.07, 6.45) is 2.96. The second-order valence-electron chi connectivity index (χ2n) is 7.92. The summed E-state index contributed by atoms with van der Waals surface area (Å²) in [5.74, 6) is 1.22. The molecule has 0 heterocycles. The average Bonchev–Trinajstić information content (AvgIpc) is 2.81. The fraction of sp³-hybridized carbons (Fsp3) is 0.458. The monoisotopic (exact) mass is 510 g/mol. The molecule has 0 saturated heterocycles. The van der Waals surface area contributed by atoms with Crippen LogP contribution in [0.3, 0.4) is 0 Å². The molecule has 1 unspecified atom stereocenters. The summed E-state index contributed by atoms with van der Waals surface area (Å²) < 4.78 is 35.1. The molecule has 0 spiro atoms. The van der Waals surface area contributed by atoms with Gasteiger partial charge in [0.1, 0.15) is 24.2 Å². The second-order valence-corrected chi connectivity index (χ2v) is 12.3. The molecule has 1 N–H and O–H groups in total. The molecule has 0 radical (unpaired) electrons. The number of amides is 1. The van der Waals surface area contributed by atoms with Crippen LogP contribution in [0.4, 0.5) is 0 Å². The molecule has 8 nitrogen and oxygen atoms in total. The van der Waals surface area contributed by atoms with Crippen molar-refractivity contribution in [3.8, 4) is 11.5 Å². The quantitative estimate of drug-likeness (QED) is 0.279. The van der Waals surface area contributed by atoms with Gasteiger partial charge in [-0.15, -0.1) is 0 Å². The summed E-state index contributed by atoms with van der Waals surface area (Å²) >= 11 is 0.956. The maximum Gasteiger partial charge on any atom is 0.355 e. The molecule has 0 aromatic heterocycles. The highest BCUT2D eigenvalue weighted by Gasteiger charge is 2.24. The number of nitrogens with zero attached hydrogens (tertiary/aromatic N) is 1. The van der Waals surface area contributed by atoms with Crippen molar-refractivity contribution in [2.75, 3.05) is 47.4 Å². The highest BCUT2D eigenvalue weighted by Crippen LogP contribution is 2.54. The van der Waals surface area contributed by atoms with E-state index >= 15 is 0 Å². The minimum absolute atomic E-state index is 0.224. The predicted molar refractivity (Wildman–Crippen MR) is 137 cm³/mol. The first-order valence-corrected chi connectivity index (χ1v) is 14.4. The number of rotatable bonds is 15. The largest absolute Gasteiger partial charge is 0.497 e. The van der Waals surface area contributed by atoms with Gasteiger partial charge in [-0.1, -0.05) is 41.7 Å². The molecule has 0 aliphatic carbocycles. The molecule has 2 atom stereocenters. The highest BCUT2D eigenvalue weighted by atomic mass is 32.7. The Morgan fingerprint density at radius 3 is 2.59 bits per heavy atom. The van der Waals surface area contributed by atoms with E-state index in [0.29, 0.717) is 13.2 Å². The van der Waals surface area contributed by atoms with Crippen molar-refractivity contribution < 1.29 is 28.1 Å². The van der Waals surface area contributed by atoms with Crippen molar-refractivity contribution in [3.05, 3.63) is 59.7 Å². The van der Waals surface area contributed by atoms with E-state index in [4.69, 9.17) is 18.7 Å². The molecule has 2 aromatic rings. The second kappa shape index (κ2) is 14.4. The van der Waals surface area contributed by atoms with Crippen molar-refractivity contribution in [2.45, 2.75) is 25.9 Å².